The zero-order valence-corrected chi connectivity index (χ0v) is 26.2. The molecule has 1 amide bonds. The number of Topliss-reactive ketones (excluding diaryl/α,β-unsaturated/α-hetero) is 1. The molecule has 6 rings (SSSR count). The number of hydrogen-bond donors (Lipinski definition) is 1. The van der Waals surface area contributed by atoms with Crippen LogP contribution in [0.1, 0.15) is 43.0 Å². The molecule has 1 N–H and O–H groups in total. The summed E-state index contributed by atoms with van der Waals surface area (Å²) in [4.78, 5) is 28.6. The fraction of sp³-hybridized carbons (Fsp3) is 0.273. The minimum absolute atomic E-state index is 0.105. The van der Waals surface area contributed by atoms with Gasteiger partial charge in [-0.25, -0.2) is 4.39 Å². The number of aliphatic hydroxyl groups is 1. The number of carbonyl (C=O) groups excluding carboxylic acids is 2. The Kier molecular flexibility index (Phi) is 9.04. The van der Waals surface area contributed by atoms with Gasteiger partial charge in [0.2, 0.25) is 5.13 Å². The summed E-state index contributed by atoms with van der Waals surface area (Å²) >= 11 is 2.38. The fourth-order valence-electron chi connectivity index (χ4n) is 4.99. The van der Waals surface area contributed by atoms with Gasteiger partial charge in [-0.05, 0) is 59.9 Å². The Balaban J connectivity index is 1.38. The Morgan fingerprint density at radius 1 is 1.07 bits per heavy atom. The number of aromatic nitrogens is 2. The van der Waals surface area contributed by atoms with Gasteiger partial charge in [0.15, 0.2) is 15.8 Å². The second-order valence-corrected chi connectivity index (χ2v) is 13.0. The van der Waals surface area contributed by atoms with E-state index in [9.17, 15) is 19.1 Å². The average Bonchev–Trinajstić information content (AvgIpc) is 3.61. The van der Waals surface area contributed by atoms with E-state index < -0.39 is 17.7 Å². The molecule has 0 unspecified atom stereocenters. The van der Waals surface area contributed by atoms with Crippen molar-refractivity contribution in [3.05, 3.63) is 94.8 Å². The zero-order chi connectivity index (χ0) is 31.5. The van der Waals surface area contributed by atoms with Crippen molar-refractivity contribution in [3.8, 4) is 17.2 Å². The SMILES string of the molecule is CC(C)CCOc1cccc([C@H]2/C(=C(\O)c3ccc4c(c3)OCCO4)C(=O)C(=O)N2c2nnc(SCc3ccccc3F)s2)c1. The molecule has 1 aromatic heterocycles. The van der Waals surface area contributed by atoms with Gasteiger partial charge >= 0.3 is 5.91 Å². The fourth-order valence-corrected chi connectivity index (χ4v) is 6.85. The van der Waals surface area contributed by atoms with Crippen molar-refractivity contribution < 1.29 is 33.3 Å². The topological polar surface area (TPSA) is 111 Å². The van der Waals surface area contributed by atoms with Crippen LogP contribution in [0, 0.1) is 11.7 Å². The van der Waals surface area contributed by atoms with Gasteiger partial charge in [-0.1, -0.05) is 67.3 Å². The zero-order valence-electron chi connectivity index (χ0n) is 24.6. The molecule has 45 heavy (non-hydrogen) atoms. The van der Waals surface area contributed by atoms with Crippen LogP contribution in [-0.4, -0.2) is 46.8 Å². The van der Waals surface area contributed by atoms with Crippen LogP contribution in [0.4, 0.5) is 9.52 Å². The first-order valence-corrected chi connectivity index (χ1v) is 16.2. The highest BCUT2D eigenvalue weighted by molar-refractivity contribution is 8.00. The number of anilines is 1. The maximum Gasteiger partial charge on any atom is 0.301 e. The summed E-state index contributed by atoms with van der Waals surface area (Å²) in [5, 5.41) is 20.2. The molecular formula is C33H30FN3O6S2. The molecule has 2 aliphatic heterocycles. The molecule has 0 spiro atoms. The minimum atomic E-state index is -1.02. The monoisotopic (exact) mass is 647 g/mol. The number of fused-ring (bicyclic) bond motifs is 1. The second-order valence-electron chi connectivity index (χ2n) is 10.9. The molecule has 0 aliphatic carbocycles. The van der Waals surface area contributed by atoms with Crippen molar-refractivity contribution in [1.29, 1.82) is 0 Å². The molecule has 9 nitrogen and oxygen atoms in total. The van der Waals surface area contributed by atoms with Crippen LogP contribution in [0.5, 0.6) is 17.2 Å². The summed E-state index contributed by atoms with van der Waals surface area (Å²) < 4.78 is 31.9. The van der Waals surface area contributed by atoms with Gasteiger partial charge in [0, 0.05) is 11.3 Å². The van der Waals surface area contributed by atoms with Crippen LogP contribution in [0.25, 0.3) is 5.76 Å². The highest BCUT2D eigenvalue weighted by Crippen LogP contribution is 2.45. The first kappa shape index (κ1) is 30.6. The number of aliphatic hydroxyl groups excluding tert-OH is 1. The number of hydrogen-bond acceptors (Lipinski definition) is 10. The summed E-state index contributed by atoms with van der Waals surface area (Å²) in [6.45, 7) is 5.46. The maximum absolute atomic E-state index is 14.2. The number of ether oxygens (including phenoxy) is 3. The van der Waals surface area contributed by atoms with E-state index in [0.29, 0.717) is 69.8 Å². The van der Waals surface area contributed by atoms with Crippen LogP contribution >= 0.6 is 23.1 Å². The van der Waals surface area contributed by atoms with E-state index in [-0.39, 0.29) is 22.3 Å². The van der Waals surface area contributed by atoms with Crippen molar-refractivity contribution in [3.63, 3.8) is 0 Å². The average molecular weight is 648 g/mol. The summed E-state index contributed by atoms with van der Waals surface area (Å²) in [5.41, 5.74) is 1.25. The standard InChI is InChI=1S/C33H30FN3O6S2/c1-19(2)12-13-41-23-8-5-7-20(16-23)28-27(29(38)21-10-11-25-26(17-21)43-15-14-42-25)30(39)31(40)37(28)32-35-36-33(45-32)44-18-22-6-3-4-9-24(22)34/h3-11,16-17,19,28,38H,12-15,18H2,1-2H3/b29-27+/t28-/m0/s1. The van der Waals surface area contributed by atoms with Gasteiger partial charge in [0.25, 0.3) is 5.78 Å². The smallest absolute Gasteiger partial charge is 0.301 e. The van der Waals surface area contributed by atoms with Gasteiger partial charge in [-0.2, -0.15) is 0 Å². The molecular weight excluding hydrogens is 618 g/mol. The normalized spacial score (nSPS) is 17.2. The lowest BCUT2D eigenvalue weighted by Crippen LogP contribution is -2.29. The van der Waals surface area contributed by atoms with Crippen molar-refractivity contribution in [2.45, 2.75) is 36.4 Å². The molecule has 1 fully saturated rings. The Morgan fingerprint density at radius 3 is 2.67 bits per heavy atom. The van der Waals surface area contributed by atoms with Gasteiger partial charge < -0.3 is 19.3 Å². The highest BCUT2D eigenvalue weighted by atomic mass is 32.2. The number of rotatable bonds is 10. The lowest BCUT2D eigenvalue weighted by Gasteiger charge is -2.23. The van der Waals surface area contributed by atoms with E-state index in [1.165, 1.54) is 22.7 Å². The Labute approximate surface area is 267 Å². The Morgan fingerprint density at radius 2 is 1.87 bits per heavy atom. The predicted molar refractivity (Wildman–Crippen MR) is 169 cm³/mol. The summed E-state index contributed by atoms with van der Waals surface area (Å²) in [6, 6.07) is 17.4. The lowest BCUT2D eigenvalue weighted by atomic mass is 9.95. The third-order valence-corrected chi connectivity index (χ3v) is 9.41. The highest BCUT2D eigenvalue weighted by Gasteiger charge is 2.48. The number of thioether (sulfide) groups is 1. The van der Waals surface area contributed by atoms with Crippen LogP contribution in [0.3, 0.4) is 0 Å². The molecule has 0 radical (unpaired) electrons. The van der Waals surface area contributed by atoms with E-state index in [0.717, 1.165) is 17.8 Å². The number of halogens is 1. The number of amides is 1. The van der Waals surface area contributed by atoms with Crippen molar-refractivity contribution in [1.82, 2.24) is 10.2 Å². The molecule has 0 bridgehead atoms. The first-order chi connectivity index (χ1) is 21.8. The van der Waals surface area contributed by atoms with E-state index in [1.54, 1.807) is 60.7 Å². The maximum atomic E-state index is 14.2. The van der Waals surface area contributed by atoms with Gasteiger partial charge in [-0.3, -0.25) is 14.5 Å². The third-order valence-electron chi connectivity index (χ3n) is 7.31. The Bertz CT molecular complexity index is 1770. The van der Waals surface area contributed by atoms with Gasteiger partial charge in [0.1, 0.15) is 30.5 Å². The molecule has 4 aromatic rings. The molecule has 0 saturated carbocycles. The Hall–Kier alpha value is -4.42. The van der Waals surface area contributed by atoms with Crippen LogP contribution in [-0.2, 0) is 15.3 Å². The molecule has 1 saturated heterocycles. The number of benzene rings is 3. The first-order valence-electron chi connectivity index (χ1n) is 14.4. The van der Waals surface area contributed by atoms with E-state index in [1.807, 2.05) is 0 Å². The molecule has 3 heterocycles. The molecule has 232 valence electrons. The van der Waals surface area contributed by atoms with Crippen LogP contribution in [0.15, 0.2) is 76.6 Å². The van der Waals surface area contributed by atoms with Gasteiger partial charge in [0.05, 0.1) is 18.2 Å². The summed E-state index contributed by atoms with van der Waals surface area (Å²) in [6.07, 6.45) is 0.852. The molecule has 1 atom stereocenters. The number of ketones is 1. The van der Waals surface area contributed by atoms with Crippen LogP contribution < -0.4 is 19.1 Å². The third kappa shape index (κ3) is 6.52. The number of carbonyl (C=O) groups is 2. The minimum Gasteiger partial charge on any atom is -0.507 e. The largest absolute Gasteiger partial charge is 0.507 e. The number of nitrogens with zero attached hydrogens (tertiary/aromatic N) is 3. The van der Waals surface area contributed by atoms with Crippen LogP contribution in [0.2, 0.25) is 0 Å². The molecule has 3 aromatic carbocycles. The van der Waals surface area contributed by atoms with E-state index >= 15 is 0 Å². The van der Waals surface area contributed by atoms with Gasteiger partial charge in [-0.15, -0.1) is 10.2 Å². The summed E-state index contributed by atoms with van der Waals surface area (Å²) in [5.74, 6) is -0.124. The molecule has 2 aliphatic rings. The van der Waals surface area contributed by atoms with E-state index in [4.69, 9.17) is 14.2 Å². The quantitative estimate of drug-likeness (QED) is 0.0654. The predicted octanol–water partition coefficient (Wildman–Crippen LogP) is 6.79. The van der Waals surface area contributed by atoms with Crippen molar-refractivity contribution in [2.24, 2.45) is 5.92 Å². The lowest BCUT2D eigenvalue weighted by molar-refractivity contribution is -0.132. The molecule has 12 heteroatoms. The summed E-state index contributed by atoms with van der Waals surface area (Å²) in [7, 11) is 0. The van der Waals surface area contributed by atoms with E-state index in [2.05, 4.69) is 24.0 Å². The van der Waals surface area contributed by atoms with Crippen molar-refractivity contribution >= 4 is 45.7 Å². The van der Waals surface area contributed by atoms with Crippen molar-refractivity contribution in [2.75, 3.05) is 24.7 Å². The second kappa shape index (κ2) is 13.3.